The summed E-state index contributed by atoms with van der Waals surface area (Å²) in [6, 6.07) is 27.2. The van der Waals surface area contributed by atoms with E-state index < -0.39 is 18.4 Å². The fourth-order valence-corrected chi connectivity index (χ4v) is 4.83. The van der Waals surface area contributed by atoms with Gasteiger partial charge in [-0.1, -0.05) is 60.7 Å². The molecule has 0 aliphatic carbocycles. The molecular weight excluding hydrogens is 471 g/mol. The zero-order valence-corrected chi connectivity index (χ0v) is 20.6. The number of aliphatic carboxylic acids is 1. The number of ether oxygens (including phenoxy) is 2. The molecule has 190 valence electrons. The molecule has 7 heteroatoms. The van der Waals surface area contributed by atoms with Crippen molar-refractivity contribution >= 4 is 28.1 Å². The Labute approximate surface area is 215 Å². The van der Waals surface area contributed by atoms with Gasteiger partial charge in [0, 0.05) is 6.04 Å². The molecule has 1 unspecified atom stereocenters. The Kier molecular flexibility index (Phi) is 7.23. The number of halogens is 1. The minimum absolute atomic E-state index is 0.0917. The van der Waals surface area contributed by atoms with E-state index in [1.165, 1.54) is 22.4 Å². The van der Waals surface area contributed by atoms with E-state index in [4.69, 9.17) is 14.6 Å². The first-order chi connectivity index (χ1) is 18.0. The molecule has 6 nitrogen and oxygen atoms in total. The lowest BCUT2D eigenvalue weighted by Crippen LogP contribution is -2.39. The van der Waals surface area contributed by atoms with E-state index in [1.807, 2.05) is 35.2 Å². The molecule has 1 aliphatic heterocycles. The maximum Gasteiger partial charge on any atom is 0.341 e. The molecule has 37 heavy (non-hydrogen) atoms. The van der Waals surface area contributed by atoms with Crippen LogP contribution in [0.1, 0.15) is 24.9 Å². The summed E-state index contributed by atoms with van der Waals surface area (Å²) in [7, 11) is 0. The number of hydrogen-bond donors (Lipinski definition) is 2. The zero-order chi connectivity index (χ0) is 25.8. The van der Waals surface area contributed by atoms with Crippen molar-refractivity contribution in [2.45, 2.75) is 25.5 Å². The number of para-hydroxylation sites is 2. The number of nitrogens with zero attached hydrogens (tertiary/aromatic N) is 1. The number of nitrogens with one attached hydrogen (secondary N) is 1. The van der Waals surface area contributed by atoms with Gasteiger partial charge in [-0.2, -0.15) is 0 Å². The minimum atomic E-state index is -1.16. The molecule has 0 saturated heterocycles. The van der Waals surface area contributed by atoms with Crippen LogP contribution >= 0.6 is 0 Å². The molecular formula is C30H29FN2O4. The third-order valence-corrected chi connectivity index (χ3v) is 6.63. The van der Waals surface area contributed by atoms with Gasteiger partial charge in [0.1, 0.15) is 11.9 Å². The Hall–Kier alpha value is -4.10. The van der Waals surface area contributed by atoms with Crippen LogP contribution in [0, 0.1) is 5.82 Å². The van der Waals surface area contributed by atoms with Crippen molar-refractivity contribution in [2.24, 2.45) is 0 Å². The molecule has 0 saturated carbocycles. The molecule has 0 spiro atoms. The van der Waals surface area contributed by atoms with Crippen LogP contribution in [0.2, 0.25) is 0 Å². The number of benzene rings is 4. The smallest absolute Gasteiger partial charge is 0.341 e. The number of rotatable bonds is 9. The lowest BCUT2D eigenvalue weighted by Gasteiger charge is -2.36. The van der Waals surface area contributed by atoms with E-state index in [0.29, 0.717) is 18.0 Å². The van der Waals surface area contributed by atoms with Crippen molar-refractivity contribution in [3.8, 4) is 11.5 Å². The third kappa shape index (κ3) is 5.37. The standard InChI is InChI=1S/C30H29FN2O4/c1-20(23-11-6-9-21-8-2-3-10-24(21)23)32-17-16-22-18-33(25-12-4-5-14-27(25)37-22)26-13-7-15-28(30(26)31)36-19-29(34)35/h2-15,20,22,32H,16-19H2,1H3,(H,34,35)/t20-,22?/m1/s1. The van der Waals surface area contributed by atoms with Crippen LogP contribution in [-0.4, -0.2) is 36.9 Å². The first-order valence-corrected chi connectivity index (χ1v) is 12.4. The highest BCUT2D eigenvalue weighted by atomic mass is 19.1. The molecule has 4 aromatic carbocycles. The summed E-state index contributed by atoms with van der Waals surface area (Å²) in [6.07, 6.45) is 0.543. The molecule has 0 radical (unpaired) electrons. The summed E-state index contributed by atoms with van der Waals surface area (Å²) in [5.74, 6) is -1.17. The van der Waals surface area contributed by atoms with E-state index in [-0.39, 0.29) is 17.9 Å². The fraction of sp³-hybridized carbons (Fsp3) is 0.233. The molecule has 4 aromatic rings. The van der Waals surface area contributed by atoms with Crippen LogP contribution in [0.25, 0.3) is 10.8 Å². The molecule has 1 aliphatic rings. The highest BCUT2D eigenvalue weighted by Crippen LogP contribution is 2.41. The van der Waals surface area contributed by atoms with Crippen LogP contribution in [0.3, 0.4) is 0 Å². The van der Waals surface area contributed by atoms with Crippen LogP contribution < -0.4 is 19.7 Å². The van der Waals surface area contributed by atoms with Crippen LogP contribution in [0.15, 0.2) is 84.9 Å². The Balaban J connectivity index is 1.31. The second-order valence-corrected chi connectivity index (χ2v) is 9.12. The summed E-state index contributed by atoms with van der Waals surface area (Å²) >= 11 is 0. The topological polar surface area (TPSA) is 71.0 Å². The number of carboxylic acid groups (broad SMARTS) is 1. The number of hydrogen-bond acceptors (Lipinski definition) is 5. The van der Waals surface area contributed by atoms with Crippen molar-refractivity contribution in [3.05, 3.63) is 96.3 Å². The predicted octanol–water partition coefficient (Wildman–Crippen LogP) is 6.08. The molecule has 0 fully saturated rings. The van der Waals surface area contributed by atoms with E-state index in [0.717, 1.165) is 18.7 Å². The van der Waals surface area contributed by atoms with Gasteiger partial charge in [0.15, 0.2) is 18.2 Å². The van der Waals surface area contributed by atoms with Crippen molar-refractivity contribution in [1.82, 2.24) is 5.32 Å². The molecule has 5 rings (SSSR count). The first kappa shape index (κ1) is 24.6. The average molecular weight is 501 g/mol. The Morgan fingerprint density at radius 2 is 1.78 bits per heavy atom. The van der Waals surface area contributed by atoms with Gasteiger partial charge in [0.2, 0.25) is 0 Å². The van der Waals surface area contributed by atoms with Gasteiger partial charge < -0.3 is 24.8 Å². The largest absolute Gasteiger partial charge is 0.486 e. The Bertz CT molecular complexity index is 1400. The highest BCUT2D eigenvalue weighted by molar-refractivity contribution is 5.86. The van der Waals surface area contributed by atoms with Crippen molar-refractivity contribution < 1.29 is 23.8 Å². The summed E-state index contributed by atoms with van der Waals surface area (Å²) in [5, 5.41) is 15.0. The van der Waals surface area contributed by atoms with E-state index >= 15 is 4.39 Å². The molecule has 1 heterocycles. The van der Waals surface area contributed by atoms with E-state index in [9.17, 15) is 4.79 Å². The Morgan fingerprint density at radius 3 is 2.65 bits per heavy atom. The van der Waals surface area contributed by atoms with Crippen LogP contribution in [0.5, 0.6) is 11.5 Å². The second kappa shape index (κ2) is 10.9. The normalized spacial score (nSPS) is 15.6. The fourth-order valence-electron chi connectivity index (χ4n) is 4.83. The summed E-state index contributed by atoms with van der Waals surface area (Å²) in [5.41, 5.74) is 2.32. The number of anilines is 2. The monoisotopic (exact) mass is 500 g/mol. The van der Waals surface area contributed by atoms with Gasteiger partial charge in [0.25, 0.3) is 0 Å². The highest BCUT2D eigenvalue weighted by Gasteiger charge is 2.29. The molecule has 0 aromatic heterocycles. The van der Waals surface area contributed by atoms with Gasteiger partial charge >= 0.3 is 5.97 Å². The van der Waals surface area contributed by atoms with Gasteiger partial charge in [0.05, 0.1) is 17.9 Å². The van der Waals surface area contributed by atoms with Crippen LogP contribution in [0.4, 0.5) is 15.8 Å². The number of carbonyl (C=O) groups is 1. The lowest BCUT2D eigenvalue weighted by molar-refractivity contribution is -0.139. The number of carboxylic acids is 1. The maximum absolute atomic E-state index is 15.4. The third-order valence-electron chi connectivity index (χ3n) is 6.63. The predicted molar refractivity (Wildman–Crippen MR) is 142 cm³/mol. The number of fused-ring (bicyclic) bond motifs is 2. The van der Waals surface area contributed by atoms with Gasteiger partial charge in [-0.25, -0.2) is 9.18 Å². The van der Waals surface area contributed by atoms with Gasteiger partial charge in [-0.05, 0) is 60.5 Å². The molecule has 2 N–H and O–H groups in total. The summed E-state index contributed by atoms with van der Waals surface area (Å²) in [6.45, 7) is 2.71. The second-order valence-electron chi connectivity index (χ2n) is 9.12. The van der Waals surface area contributed by atoms with E-state index in [1.54, 1.807) is 12.1 Å². The Morgan fingerprint density at radius 1 is 1.05 bits per heavy atom. The zero-order valence-electron chi connectivity index (χ0n) is 20.6. The average Bonchev–Trinajstić information content (AvgIpc) is 2.91. The summed E-state index contributed by atoms with van der Waals surface area (Å²) in [4.78, 5) is 12.8. The van der Waals surface area contributed by atoms with Crippen LogP contribution in [-0.2, 0) is 4.79 Å². The maximum atomic E-state index is 15.4. The van der Waals surface area contributed by atoms with Gasteiger partial charge in [-0.3, -0.25) is 0 Å². The van der Waals surface area contributed by atoms with Gasteiger partial charge in [-0.15, -0.1) is 0 Å². The summed E-state index contributed by atoms with van der Waals surface area (Å²) < 4.78 is 26.8. The quantitative estimate of drug-likeness (QED) is 0.290. The van der Waals surface area contributed by atoms with Crippen molar-refractivity contribution in [1.29, 1.82) is 0 Å². The van der Waals surface area contributed by atoms with Crippen molar-refractivity contribution in [2.75, 3.05) is 24.6 Å². The van der Waals surface area contributed by atoms with Crippen molar-refractivity contribution in [3.63, 3.8) is 0 Å². The molecule has 0 bridgehead atoms. The minimum Gasteiger partial charge on any atom is -0.486 e. The lowest BCUT2D eigenvalue weighted by atomic mass is 9.99. The van der Waals surface area contributed by atoms with E-state index in [2.05, 4.69) is 48.6 Å². The SMILES string of the molecule is C[C@@H](NCCC1CN(c2cccc(OCC(=O)O)c2F)c2ccccc2O1)c1cccc2ccccc12. The molecule has 0 amide bonds. The first-order valence-electron chi connectivity index (χ1n) is 12.4. The molecule has 2 atom stereocenters.